The fourth-order valence-electron chi connectivity index (χ4n) is 1.77. The molecule has 2 rings (SSSR count). The van der Waals surface area contributed by atoms with E-state index in [0.29, 0.717) is 26.2 Å². The molecule has 1 aromatic carbocycles. The van der Waals surface area contributed by atoms with Gasteiger partial charge in [0.2, 0.25) is 6.08 Å². The van der Waals surface area contributed by atoms with Crippen LogP contribution in [-0.4, -0.2) is 38.5 Å². The minimum Gasteiger partial charge on any atom is -0.486 e. The number of hydrogen-bond acceptors (Lipinski definition) is 5. The van der Waals surface area contributed by atoms with Crippen molar-refractivity contribution >= 4 is 12.1 Å². The Kier molecular flexibility index (Phi) is 4.97. The van der Waals surface area contributed by atoms with Gasteiger partial charge in [-0.25, -0.2) is 9.59 Å². The number of urea groups is 1. The maximum absolute atomic E-state index is 11.3. The van der Waals surface area contributed by atoms with Crippen molar-refractivity contribution in [2.45, 2.75) is 6.42 Å². The molecule has 1 aromatic rings. The molecule has 106 valence electrons. The van der Waals surface area contributed by atoms with Crippen molar-refractivity contribution < 1.29 is 19.1 Å². The smallest absolute Gasteiger partial charge is 0.316 e. The molecule has 0 aromatic heterocycles. The molecule has 0 fully saturated rings. The van der Waals surface area contributed by atoms with E-state index in [1.807, 2.05) is 18.2 Å². The van der Waals surface area contributed by atoms with Gasteiger partial charge in [-0.05, 0) is 24.1 Å². The van der Waals surface area contributed by atoms with Gasteiger partial charge < -0.3 is 20.1 Å². The SMILES string of the molecule is O=C=NCNC(=O)NCCc1ccc2c(c1)OCCO2. The van der Waals surface area contributed by atoms with E-state index in [1.54, 1.807) is 0 Å². The van der Waals surface area contributed by atoms with Crippen LogP contribution in [0.3, 0.4) is 0 Å². The Bertz CT molecular complexity index is 526. The molecule has 1 aliphatic heterocycles. The Morgan fingerprint density at radius 3 is 2.85 bits per heavy atom. The van der Waals surface area contributed by atoms with Gasteiger partial charge in [0, 0.05) is 6.54 Å². The number of ether oxygens (including phenoxy) is 2. The quantitative estimate of drug-likeness (QED) is 0.609. The maximum Gasteiger partial charge on any atom is 0.316 e. The van der Waals surface area contributed by atoms with E-state index >= 15 is 0 Å². The van der Waals surface area contributed by atoms with Crippen LogP contribution in [0.5, 0.6) is 11.5 Å². The van der Waals surface area contributed by atoms with Crippen molar-refractivity contribution in [2.75, 3.05) is 26.4 Å². The van der Waals surface area contributed by atoms with Gasteiger partial charge >= 0.3 is 6.03 Å². The van der Waals surface area contributed by atoms with Gasteiger partial charge in [-0.15, -0.1) is 0 Å². The molecule has 0 unspecified atom stereocenters. The molecule has 20 heavy (non-hydrogen) atoms. The third-order valence-corrected chi connectivity index (χ3v) is 2.69. The van der Waals surface area contributed by atoms with E-state index in [9.17, 15) is 9.59 Å². The summed E-state index contributed by atoms with van der Waals surface area (Å²) in [5.74, 6) is 1.48. The summed E-state index contributed by atoms with van der Waals surface area (Å²) in [5.41, 5.74) is 1.04. The van der Waals surface area contributed by atoms with Crippen LogP contribution >= 0.6 is 0 Å². The van der Waals surface area contributed by atoms with Gasteiger partial charge in [-0.1, -0.05) is 6.07 Å². The van der Waals surface area contributed by atoms with Crippen LogP contribution in [0.15, 0.2) is 23.2 Å². The van der Waals surface area contributed by atoms with Gasteiger partial charge in [0.05, 0.1) is 0 Å². The lowest BCUT2D eigenvalue weighted by Gasteiger charge is -2.18. The third kappa shape index (κ3) is 4.00. The van der Waals surface area contributed by atoms with Crippen LogP contribution in [0.2, 0.25) is 0 Å². The van der Waals surface area contributed by atoms with Crippen LogP contribution < -0.4 is 20.1 Å². The average Bonchev–Trinajstić information content (AvgIpc) is 2.47. The largest absolute Gasteiger partial charge is 0.486 e. The Balaban J connectivity index is 1.76. The van der Waals surface area contributed by atoms with Crippen LogP contribution in [0.4, 0.5) is 4.79 Å². The first kappa shape index (κ1) is 13.9. The van der Waals surface area contributed by atoms with Crippen molar-refractivity contribution in [1.82, 2.24) is 10.6 Å². The molecule has 7 nitrogen and oxygen atoms in total. The van der Waals surface area contributed by atoms with Gasteiger partial charge in [0.15, 0.2) is 11.5 Å². The first-order chi connectivity index (χ1) is 9.79. The normalized spacial score (nSPS) is 12.2. The second-order valence-electron chi connectivity index (χ2n) is 4.07. The van der Waals surface area contributed by atoms with E-state index in [-0.39, 0.29) is 12.7 Å². The number of fused-ring (bicyclic) bond motifs is 1. The fourth-order valence-corrected chi connectivity index (χ4v) is 1.77. The summed E-state index contributed by atoms with van der Waals surface area (Å²) in [6.07, 6.45) is 2.01. The summed E-state index contributed by atoms with van der Waals surface area (Å²) in [6.45, 7) is 1.52. The van der Waals surface area contributed by atoms with E-state index in [2.05, 4.69) is 15.6 Å². The first-order valence-corrected chi connectivity index (χ1v) is 6.23. The highest BCUT2D eigenvalue weighted by molar-refractivity contribution is 5.73. The number of isocyanates is 1. The summed E-state index contributed by atoms with van der Waals surface area (Å²) >= 11 is 0. The van der Waals surface area contributed by atoms with Crippen LogP contribution in [-0.2, 0) is 11.2 Å². The molecule has 0 atom stereocenters. The predicted octanol–water partition coefficient (Wildman–Crippen LogP) is 0.593. The number of nitrogens with one attached hydrogen (secondary N) is 2. The molecule has 1 aliphatic rings. The molecule has 0 radical (unpaired) electrons. The number of aliphatic imine (C=N–C) groups is 1. The summed E-state index contributed by atoms with van der Waals surface area (Å²) in [5, 5.41) is 5.05. The number of amides is 2. The van der Waals surface area contributed by atoms with E-state index in [0.717, 1.165) is 17.1 Å². The maximum atomic E-state index is 11.3. The van der Waals surface area contributed by atoms with Crippen LogP contribution in [0, 0.1) is 0 Å². The van der Waals surface area contributed by atoms with Crippen molar-refractivity contribution in [3.05, 3.63) is 23.8 Å². The number of carbonyl (C=O) groups excluding carboxylic acids is 2. The highest BCUT2D eigenvalue weighted by atomic mass is 16.6. The first-order valence-electron chi connectivity index (χ1n) is 6.23. The van der Waals surface area contributed by atoms with Gasteiger partial charge in [0.1, 0.15) is 19.9 Å². The zero-order valence-corrected chi connectivity index (χ0v) is 10.8. The molecule has 0 spiro atoms. The Hall–Kier alpha value is -2.53. The van der Waals surface area contributed by atoms with Crippen LogP contribution in [0.1, 0.15) is 5.56 Å². The summed E-state index contributed by atoms with van der Waals surface area (Å²) in [4.78, 5) is 24.3. The van der Waals surface area contributed by atoms with Crippen molar-refractivity contribution in [2.24, 2.45) is 4.99 Å². The number of nitrogens with zero attached hydrogens (tertiary/aromatic N) is 1. The molecule has 2 N–H and O–H groups in total. The minimum atomic E-state index is -0.374. The van der Waals surface area contributed by atoms with E-state index in [4.69, 9.17) is 9.47 Å². The van der Waals surface area contributed by atoms with Gasteiger partial charge in [-0.2, -0.15) is 4.99 Å². The average molecular weight is 277 g/mol. The lowest BCUT2D eigenvalue weighted by molar-refractivity contribution is 0.171. The number of hydrogen-bond donors (Lipinski definition) is 2. The molecule has 0 saturated heterocycles. The molecular weight excluding hydrogens is 262 g/mol. The van der Waals surface area contributed by atoms with E-state index < -0.39 is 0 Å². The Morgan fingerprint density at radius 2 is 2.05 bits per heavy atom. The van der Waals surface area contributed by atoms with Gasteiger partial charge in [-0.3, -0.25) is 0 Å². The summed E-state index contributed by atoms with van der Waals surface area (Å²) in [6, 6.07) is 5.33. The second kappa shape index (κ2) is 7.16. The number of rotatable bonds is 5. The molecule has 1 heterocycles. The molecule has 0 bridgehead atoms. The standard InChI is InChI=1S/C13H15N3O4/c17-9-14-8-16-13(18)15-4-3-10-1-2-11-12(7-10)20-6-5-19-11/h1-2,7H,3-6,8H2,(H2,15,16,18). The highest BCUT2D eigenvalue weighted by Crippen LogP contribution is 2.30. The monoisotopic (exact) mass is 277 g/mol. The summed E-state index contributed by atoms with van der Waals surface area (Å²) in [7, 11) is 0. The zero-order chi connectivity index (χ0) is 14.2. The van der Waals surface area contributed by atoms with Crippen LogP contribution in [0.25, 0.3) is 0 Å². The summed E-state index contributed by atoms with van der Waals surface area (Å²) < 4.78 is 10.9. The van der Waals surface area contributed by atoms with Crippen molar-refractivity contribution in [1.29, 1.82) is 0 Å². The van der Waals surface area contributed by atoms with Gasteiger partial charge in [0.25, 0.3) is 0 Å². The van der Waals surface area contributed by atoms with E-state index in [1.165, 1.54) is 6.08 Å². The number of carbonyl (C=O) groups is 1. The lowest BCUT2D eigenvalue weighted by atomic mass is 10.1. The predicted molar refractivity (Wildman–Crippen MR) is 70.7 cm³/mol. The Morgan fingerprint density at radius 1 is 1.25 bits per heavy atom. The Labute approximate surface area is 116 Å². The fraction of sp³-hybridized carbons (Fsp3) is 0.385. The molecule has 2 amide bonds. The number of benzene rings is 1. The minimum absolute atomic E-state index is 0.0701. The highest BCUT2D eigenvalue weighted by Gasteiger charge is 2.11. The topological polar surface area (TPSA) is 89.0 Å². The third-order valence-electron chi connectivity index (χ3n) is 2.69. The molecule has 0 aliphatic carbocycles. The van der Waals surface area contributed by atoms with Crippen molar-refractivity contribution in [3.8, 4) is 11.5 Å². The van der Waals surface area contributed by atoms with Crippen molar-refractivity contribution in [3.63, 3.8) is 0 Å². The molecular formula is C13H15N3O4. The molecule has 7 heteroatoms. The lowest BCUT2D eigenvalue weighted by Crippen LogP contribution is -2.36. The molecule has 0 saturated carbocycles. The second-order valence-corrected chi connectivity index (χ2v) is 4.07. The zero-order valence-electron chi connectivity index (χ0n) is 10.8.